The first kappa shape index (κ1) is 18.6. The van der Waals surface area contributed by atoms with Crippen LogP contribution >= 0.6 is 0 Å². The number of hydrogen-bond donors (Lipinski definition) is 1. The van der Waals surface area contributed by atoms with Gasteiger partial charge >= 0.3 is 0 Å². The second-order valence-corrected chi connectivity index (χ2v) is 8.71. The SMILES string of the molecule is Cn1cc(-c2ccc3cnc(NCC4CCC(N5CCCC5)CC4)cc3c2)nn1. The number of anilines is 1. The van der Waals surface area contributed by atoms with E-state index >= 15 is 0 Å². The molecule has 0 unspecified atom stereocenters. The summed E-state index contributed by atoms with van der Waals surface area (Å²) in [5.74, 6) is 1.73. The largest absolute Gasteiger partial charge is 0.370 e. The van der Waals surface area contributed by atoms with Gasteiger partial charge in [0.1, 0.15) is 11.5 Å². The zero-order valence-corrected chi connectivity index (χ0v) is 17.2. The molecule has 3 aromatic rings. The lowest BCUT2D eigenvalue weighted by molar-refractivity contribution is 0.168. The molecule has 0 radical (unpaired) electrons. The van der Waals surface area contributed by atoms with Crippen molar-refractivity contribution in [1.29, 1.82) is 0 Å². The summed E-state index contributed by atoms with van der Waals surface area (Å²) < 4.78 is 1.73. The maximum Gasteiger partial charge on any atom is 0.126 e. The van der Waals surface area contributed by atoms with E-state index in [-0.39, 0.29) is 0 Å². The van der Waals surface area contributed by atoms with Gasteiger partial charge in [-0.05, 0) is 75.1 Å². The highest BCUT2D eigenvalue weighted by molar-refractivity contribution is 5.87. The first-order valence-electron chi connectivity index (χ1n) is 11.0. The average Bonchev–Trinajstić information content (AvgIpc) is 3.44. The number of pyridine rings is 1. The average molecular weight is 391 g/mol. The molecule has 2 fully saturated rings. The molecule has 1 N–H and O–H groups in total. The van der Waals surface area contributed by atoms with E-state index in [1.54, 1.807) is 4.68 Å². The summed E-state index contributed by atoms with van der Waals surface area (Å²) in [6, 6.07) is 9.36. The van der Waals surface area contributed by atoms with Crippen molar-refractivity contribution in [2.45, 2.75) is 44.6 Å². The third-order valence-corrected chi connectivity index (χ3v) is 6.67. The fraction of sp³-hybridized carbons (Fsp3) is 0.522. The standard InChI is InChI=1S/C23H30N6/c1-28-16-22(26-27-28)18-6-7-19-15-25-23(13-20(19)12-18)24-14-17-4-8-21(9-5-17)29-10-2-3-11-29/h6-7,12-13,15-17,21H,2-5,8-11,14H2,1H3,(H,24,25). The maximum atomic E-state index is 4.62. The number of aromatic nitrogens is 4. The molecule has 0 atom stereocenters. The van der Waals surface area contributed by atoms with Crippen molar-refractivity contribution >= 4 is 16.6 Å². The van der Waals surface area contributed by atoms with Crippen LogP contribution in [0.25, 0.3) is 22.0 Å². The molecule has 0 amide bonds. The van der Waals surface area contributed by atoms with Crippen LogP contribution < -0.4 is 5.32 Å². The lowest BCUT2D eigenvalue weighted by Gasteiger charge is -2.34. The van der Waals surface area contributed by atoms with Crippen LogP contribution in [0.2, 0.25) is 0 Å². The van der Waals surface area contributed by atoms with Gasteiger partial charge in [-0.25, -0.2) is 4.98 Å². The van der Waals surface area contributed by atoms with Gasteiger partial charge in [0.05, 0.1) is 6.20 Å². The molecular weight excluding hydrogens is 360 g/mol. The number of nitrogens with zero attached hydrogens (tertiary/aromatic N) is 5. The number of nitrogens with one attached hydrogen (secondary N) is 1. The first-order chi connectivity index (χ1) is 14.2. The molecule has 6 heteroatoms. The molecule has 1 saturated heterocycles. The third-order valence-electron chi connectivity index (χ3n) is 6.67. The van der Waals surface area contributed by atoms with Gasteiger partial charge in [0.15, 0.2) is 0 Å². The van der Waals surface area contributed by atoms with E-state index in [1.165, 1.54) is 57.0 Å². The maximum absolute atomic E-state index is 4.62. The van der Waals surface area contributed by atoms with Crippen LogP contribution in [0.15, 0.2) is 36.7 Å². The highest BCUT2D eigenvalue weighted by Gasteiger charge is 2.27. The quantitative estimate of drug-likeness (QED) is 0.711. The van der Waals surface area contributed by atoms with Gasteiger partial charge in [-0.15, -0.1) is 5.10 Å². The predicted octanol–water partition coefficient (Wildman–Crippen LogP) is 4.10. The summed E-state index contributed by atoms with van der Waals surface area (Å²) in [5, 5.41) is 14.2. The van der Waals surface area contributed by atoms with Crippen molar-refractivity contribution < 1.29 is 0 Å². The Kier molecular flexibility index (Phi) is 5.19. The highest BCUT2D eigenvalue weighted by atomic mass is 15.4. The summed E-state index contributed by atoms with van der Waals surface area (Å²) in [6.07, 6.45) is 12.1. The first-order valence-corrected chi connectivity index (χ1v) is 11.0. The van der Waals surface area contributed by atoms with Crippen LogP contribution in [0.3, 0.4) is 0 Å². The second kappa shape index (κ2) is 8.11. The molecular formula is C23H30N6. The van der Waals surface area contributed by atoms with Gasteiger partial charge in [-0.3, -0.25) is 4.68 Å². The van der Waals surface area contributed by atoms with E-state index in [9.17, 15) is 0 Å². The Morgan fingerprint density at radius 3 is 2.62 bits per heavy atom. The molecule has 0 bridgehead atoms. The highest BCUT2D eigenvalue weighted by Crippen LogP contribution is 2.30. The van der Waals surface area contributed by atoms with E-state index in [2.05, 4.69) is 49.8 Å². The van der Waals surface area contributed by atoms with Gasteiger partial charge < -0.3 is 10.2 Å². The smallest absolute Gasteiger partial charge is 0.126 e. The Morgan fingerprint density at radius 1 is 1.03 bits per heavy atom. The molecule has 1 aliphatic heterocycles. The van der Waals surface area contributed by atoms with Crippen molar-refractivity contribution in [2.75, 3.05) is 25.0 Å². The van der Waals surface area contributed by atoms with Crippen LogP contribution in [-0.4, -0.2) is 50.6 Å². The molecule has 2 aromatic heterocycles. The monoisotopic (exact) mass is 390 g/mol. The van der Waals surface area contributed by atoms with Crippen molar-refractivity contribution in [3.63, 3.8) is 0 Å². The zero-order valence-electron chi connectivity index (χ0n) is 17.2. The van der Waals surface area contributed by atoms with Gasteiger partial charge in [0.25, 0.3) is 0 Å². The van der Waals surface area contributed by atoms with Gasteiger partial charge in [-0.2, -0.15) is 0 Å². The Morgan fingerprint density at radius 2 is 1.86 bits per heavy atom. The molecule has 5 rings (SSSR count). The number of aryl methyl sites for hydroxylation is 1. The molecule has 2 aliphatic rings. The lowest BCUT2D eigenvalue weighted by Crippen LogP contribution is -2.37. The van der Waals surface area contributed by atoms with Crippen LogP contribution in [0, 0.1) is 5.92 Å². The van der Waals surface area contributed by atoms with Crippen molar-refractivity contribution in [1.82, 2.24) is 24.9 Å². The number of rotatable bonds is 5. The number of hydrogen-bond acceptors (Lipinski definition) is 5. The third kappa shape index (κ3) is 4.13. The normalized spacial score (nSPS) is 22.9. The van der Waals surface area contributed by atoms with Crippen LogP contribution in [0.5, 0.6) is 0 Å². The minimum absolute atomic E-state index is 0.761. The molecule has 3 heterocycles. The Labute approximate surface area is 172 Å². The van der Waals surface area contributed by atoms with E-state index in [1.807, 2.05) is 19.4 Å². The van der Waals surface area contributed by atoms with E-state index in [0.29, 0.717) is 0 Å². The molecule has 1 aromatic carbocycles. The summed E-state index contributed by atoms with van der Waals surface area (Å²) in [6.45, 7) is 3.67. The minimum Gasteiger partial charge on any atom is -0.370 e. The number of likely N-dealkylation sites (tertiary alicyclic amines) is 1. The van der Waals surface area contributed by atoms with Gasteiger partial charge in [0.2, 0.25) is 0 Å². The van der Waals surface area contributed by atoms with Crippen LogP contribution in [0.4, 0.5) is 5.82 Å². The number of fused-ring (bicyclic) bond motifs is 1. The number of benzene rings is 1. The topological polar surface area (TPSA) is 58.9 Å². The molecule has 6 nitrogen and oxygen atoms in total. The zero-order chi connectivity index (χ0) is 19.6. The fourth-order valence-corrected chi connectivity index (χ4v) is 4.95. The molecule has 29 heavy (non-hydrogen) atoms. The summed E-state index contributed by atoms with van der Waals surface area (Å²) in [5.41, 5.74) is 1.98. The van der Waals surface area contributed by atoms with Gasteiger partial charge in [-0.1, -0.05) is 17.3 Å². The minimum atomic E-state index is 0.761. The Hall–Kier alpha value is -2.47. The van der Waals surface area contributed by atoms with E-state index in [0.717, 1.165) is 41.0 Å². The predicted molar refractivity (Wildman–Crippen MR) is 117 cm³/mol. The fourth-order valence-electron chi connectivity index (χ4n) is 4.95. The van der Waals surface area contributed by atoms with Crippen molar-refractivity contribution in [3.8, 4) is 11.3 Å². The van der Waals surface area contributed by atoms with Gasteiger partial charge in [0, 0.05) is 36.8 Å². The van der Waals surface area contributed by atoms with E-state index in [4.69, 9.17) is 0 Å². The van der Waals surface area contributed by atoms with Crippen LogP contribution in [-0.2, 0) is 7.05 Å². The second-order valence-electron chi connectivity index (χ2n) is 8.71. The summed E-state index contributed by atoms with van der Waals surface area (Å²) in [4.78, 5) is 7.35. The van der Waals surface area contributed by atoms with E-state index < -0.39 is 0 Å². The van der Waals surface area contributed by atoms with Crippen LogP contribution in [0.1, 0.15) is 38.5 Å². The lowest BCUT2D eigenvalue weighted by atomic mass is 9.85. The molecule has 1 saturated carbocycles. The molecule has 1 aliphatic carbocycles. The Bertz CT molecular complexity index is 966. The molecule has 0 spiro atoms. The summed E-state index contributed by atoms with van der Waals surface area (Å²) in [7, 11) is 1.89. The van der Waals surface area contributed by atoms with Crippen molar-refractivity contribution in [3.05, 3.63) is 36.7 Å². The van der Waals surface area contributed by atoms with Crippen molar-refractivity contribution in [2.24, 2.45) is 13.0 Å². The molecule has 152 valence electrons. The Balaban J connectivity index is 1.21. The summed E-state index contributed by atoms with van der Waals surface area (Å²) >= 11 is 0.